The Bertz CT molecular complexity index is 476. The van der Waals surface area contributed by atoms with Gasteiger partial charge in [0.1, 0.15) is 0 Å². The van der Waals surface area contributed by atoms with Crippen LogP contribution in [0.15, 0.2) is 24.3 Å². The summed E-state index contributed by atoms with van der Waals surface area (Å²) in [5, 5.41) is 6.51. The molecule has 0 aromatic heterocycles. The molecule has 3 heteroatoms. The number of hydrogen-bond donors (Lipinski definition) is 2. The molecule has 2 N–H and O–H groups in total. The third kappa shape index (κ3) is 3.99. The van der Waals surface area contributed by atoms with Crippen LogP contribution in [-0.2, 0) is 0 Å². The van der Waals surface area contributed by atoms with Crippen molar-refractivity contribution in [1.29, 1.82) is 0 Å². The van der Waals surface area contributed by atoms with Gasteiger partial charge in [0.05, 0.1) is 5.56 Å². The fourth-order valence-corrected chi connectivity index (χ4v) is 3.26. The highest BCUT2D eigenvalue weighted by atomic mass is 16.1. The maximum atomic E-state index is 12.5. The largest absolute Gasteiger partial charge is 0.382 e. The number of rotatable bonds is 6. The van der Waals surface area contributed by atoms with Gasteiger partial charge in [-0.3, -0.25) is 4.79 Å². The van der Waals surface area contributed by atoms with Crippen LogP contribution < -0.4 is 10.6 Å². The van der Waals surface area contributed by atoms with Gasteiger partial charge >= 0.3 is 0 Å². The molecule has 0 saturated heterocycles. The number of carbonyl (C=O) groups excluding carboxylic acids is 1. The molecule has 1 saturated carbocycles. The molecule has 1 aromatic rings. The summed E-state index contributed by atoms with van der Waals surface area (Å²) in [5.41, 5.74) is 1.99. The summed E-state index contributed by atoms with van der Waals surface area (Å²) in [4.78, 5) is 12.5. The topological polar surface area (TPSA) is 41.1 Å². The summed E-state index contributed by atoms with van der Waals surface area (Å²) in [6, 6.07) is 8.07. The van der Waals surface area contributed by atoms with E-state index in [1.807, 2.05) is 24.3 Å². The minimum atomic E-state index is 0.0403. The van der Waals surface area contributed by atoms with E-state index in [4.69, 9.17) is 0 Å². The van der Waals surface area contributed by atoms with Crippen LogP contribution in [0, 0.1) is 5.41 Å². The molecule has 0 bridgehead atoms. The Morgan fingerprint density at radius 2 is 1.90 bits per heavy atom. The van der Waals surface area contributed by atoms with Crippen molar-refractivity contribution in [1.82, 2.24) is 5.32 Å². The van der Waals surface area contributed by atoms with Gasteiger partial charge in [0.15, 0.2) is 0 Å². The number of nitrogens with one attached hydrogen (secondary N) is 2. The molecule has 0 spiro atoms. The summed E-state index contributed by atoms with van der Waals surface area (Å²) >= 11 is 0. The van der Waals surface area contributed by atoms with Crippen LogP contribution in [0.2, 0.25) is 0 Å². The van der Waals surface area contributed by atoms with Crippen LogP contribution in [-0.4, -0.2) is 18.5 Å². The Hall–Kier alpha value is -1.51. The van der Waals surface area contributed by atoms with Gasteiger partial charge in [-0.2, -0.15) is 0 Å². The van der Waals surface area contributed by atoms with Crippen LogP contribution in [0.3, 0.4) is 0 Å². The molecule has 116 valence electrons. The van der Waals surface area contributed by atoms with E-state index in [1.54, 1.807) is 0 Å². The lowest BCUT2D eigenvalue weighted by Gasteiger charge is -2.28. The van der Waals surface area contributed by atoms with E-state index in [0.717, 1.165) is 24.2 Å². The van der Waals surface area contributed by atoms with Crippen molar-refractivity contribution >= 4 is 11.6 Å². The number of carbonyl (C=O) groups is 1. The summed E-state index contributed by atoms with van der Waals surface area (Å²) < 4.78 is 0. The predicted molar refractivity (Wildman–Crippen MR) is 88.7 cm³/mol. The fraction of sp³-hybridized carbons (Fsp3) is 0.611. The van der Waals surface area contributed by atoms with E-state index in [2.05, 4.69) is 31.4 Å². The molecule has 0 heterocycles. The lowest BCUT2D eigenvalue weighted by atomic mass is 9.83. The number of anilines is 1. The van der Waals surface area contributed by atoms with E-state index in [9.17, 15) is 4.79 Å². The average molecular weight is 288 g/mol. The van der Waals surface area contributed by atoms with E-state index in [0.29, 0.717) is 11.5 Å². The second kappa shape index (κ2) is 6.97. The molecule has 0 unspecified atom stereocenters. The molecule has 1 aromatic carbocycles. The summed E-state index contributed by atoms with van der Waals surface area (Å²) in [6.07, 6.45) is 6.24. The molecule has 21 heavy (non-hydrogen) atoms. The van der Waals surface area contributed by atoms with Crippen LogP contribution in [0.5, 0.6) is 0 Å². The maximum absolute atomic E-state index is 12.5. The third-order valence-corrected chi connectivity index (χ3v) is 4.65. The van der Waals surface area contributed by atoms with Crippen LogP contribution in [0.25, 0.3) is 0 Å². The van der Waals surface area contributed by atoms with Crippen molar-refractivity contribution in [3.63, 3.8) is 0 Å². The van der Waals surface area contributed by atoms with Crippen molar-refractivity contribution in [3.05, 3.63) is 29.8 Å². The van der Waals surface area contributed by atoms with Crippen LogP contribution in [0.1, 0.15) is 63.2 Å². The minimum Gasteiger partial charge on any atom is -0.382 e. The molecule has 3 nitrogen and oxygen atoms in total. The third-order valence-electron chi connectivity index (χ3n) is 4.65. The summed E-state index contributed by atoms with van der Waals surface area (Å²) in [7, 11) is 0. The van der Waals surface area contributed by atoms with Gasteiger partial charge in [-0.05, 0) is 50.7 Å². The van der Waals surface area contributed by atoms with Crippen molar-refractivity contribution in [2.75, 3.05) is 11.9 Å². The van der Waals surface area contributed by atoms with Crippen molar-refractivity contribution in [2.24, 2.45) is 5.41 Å². The Morgan fingerprint density at radius 1 is 1.24 bits per heavy atom. The van der Waals surface area contributed by atoms with Crippen LogP contribution in [0.4, 0.5) is 5.69 Å². The first kappa shape index (κ1) is 15.9. The van der Waals surface area contributed by atoms with E-state index < -0.39 is 0 Å². The van der Waals surface area contributed by atoms with Gasteiger partial charge < -0.3 is 10.6 Å². The summed E-state index contributed by atoms with van der Waals surface area (Å²) in [5.74, 6) is 0.0403. The number of benzene rings is 1. The first-order valence-electron chi connectivity index (χ1n) is 8.20. The molecule has 0 aliphatic heterocycles. The second-order valence-electron chi connectivity index (χ2n) is 6.59. The lowest BCUT2D eigenvalue weighted by molar-refractivity contribution is 0.0929. The monoisotopic (exact) mass is 288 g/mol. The first-order valence-corrected chi connectivity index (χ1v) is 8.20. The highest BCUT2D eigenvalue weighted by Gasteiger charge is 2.32. The first-order chi connectivity index (χ1) is 10.1. The zero-order chi connectivity index (χ0) is 15.3. The molecule has 0 atom stereocenters. The average Bonchev–Trinajstić information content (AvgIpc) is 2.94. The predicted octanol–water partition coefficient (Wildman–Crippen LogP) is 4.21. The molecule has 1 fully saturated rings. The highest BCUT2D eigenvalue weighted by molar-refractivity contribution is 5.99. The normalized spacial score (nSPS) is 17.0. The highest BCUT2D eigenvalue weighted by Crippen LogP contribution is 2.40. The quantitative estimate of drug-likeness (QED) is 0.823. The molecular weight excluding hydrogens is 260 g/mol. The van der Waals surface area contributed by atoms with Gasteiger partial charge in [0, 0.05) is 18.3 Å². The van der Waals surface area contributed by atoms with Crippen molar-refractivity contribution in [3.8, 4) is 0 Å². The maximum Gasteiger partial charge on any atom is 0.253 e. The van der Waals surface area contributed by atoms with Gasteiger partial charge in [-0.25, -0.2) is 0 Å². The second-order valence-corrected chi connectivity index (χ2v) is 6.59. The lowest BCUT2D eigenvalue weighted by Crippen LogP contribution is -2.36. The van der Waals surface area contributed by atoms with E-state index in [-0.39, 0.29) is 5.91 Å². The van der Waals surface area contributed by atoms with E-state index >= 15 is 0 Å². The van der Waals surface area contributed by atoms with E-state index in [1.165, 1.54) is 25.7 Å². The summed E-state index contributed by atoms with van der Waals surface area (Å²) in [6.45, 7) is 7.21. The van der Waals surface area contributed by atoms with Crippen molar-refractivity contribution < 1.29 is 4.79 Å². The molecular formula is C18H28N2O. The van der Waals surface area contributed by atoms with Crippen molar-refractivity contribution in [2.45, 2.75) is 58.9 Å². The Balaban J connectivity index is 2.03. The van der Waals surface area contributed by atoms with Gasteiger partial charge in [0.25, 0.3) is 5.91 Å². The zero-order valence-electron chi connectivity index (χ0n) is 13.5. The molecule has 1 aliphatic rings. The van der Waals surface area contributed by atoms with Gasteiger partial charge in [0.2, 0.25) is 0 Å². The fourth-order valence-electron chi connectivity index (χ4n) is 3.26. The molecule has 0 radical (unpaired) electrons. The zero-order valence-corrected chi connectivity index (χ0v) is 13.5. The van der Waals surface area contributed by atoms with Gasteiger partial charge in [-0.15, -0.1) is 0 Å². The number of para-hydroxylation sites is 1. The molecule has 1 aliphatic carbocycles. The Labute approximate surface area is 128 Å². The smallest absolute Gasteiger partial charge is 0.253 e. The Kier molecular flexibility index (Phi) is 5.27. The number of hydrogen-bond acceptors (Lipinski definition) is 2. The number of amides is 1. The SMILES string of the molecule is CCC1(CNC(=O)c2ccccc2NC(C)C)CCCC1. The Morgan fingerprint density at radius 3 is 2.52 bits per heavy atom. The van der Waals surface area contributed by atoms with Gasteiger partial charge in [-0.1, -0.05) is 31.9 Å². The molecule has 1 amide bonds. The standard InChI is InChI=1S/C18H28N2O/c1-4-18(11-7-8-12-18)13-19-17(21)15-9-5-6-10-16(15)20-14(2)3/h5-6,9-10,14,20H,4,7-8,11-13H2,1-3H3,(H,19,21). The van der Waals surface area contributed by atoms with Crippen LogP contribution >= 0.6 is 0 Å². The minimum absolute atomic E-state index is 0.0403. The molecule has 2 rings (SSSR count).